The molecule has 1 aromatic rings. The molecule has 0 aliphatic heterocycles. The molecular weight excluding hydrogens is 236 g/mol. The van der Waals surface area contributed by atoms with Gasteiger partial charge < -0.3 is 19.6 Å². The minimum atomic E-state index is -0.191. The predicted octanol–water partition coefficient (Wildman–Crippen LogP) is 0.714. The van der Waals surface area contributed by atoms with Crippen LogP contribution in [0, 0.1) is 0 Å². The molecule has 0 heterocycles. The third-order valence-electron chi connectivity index (χ3n) is 2.34. The lowest BCUT2D eigenvalue weighted by atomic mass is 10.2. The highest BCUT2D eigenvalue weighted by Crippen LogP contribution is 2.22. The Balaban J connectivity index is 2.66. The van der Waals surface area contributed by atoms with E-state index in [0.29, 0.717) is 36.6 Å². The second-order valence-electron chi connectivity index (χ2n) is 3.58. The largest absolute Gasteiger partial charge is 0.497 e. The molecule has 0 saturated carbocycles. The third kappa shape index (κ3) is 4.23. The number of methoxy groups -OCH3 is 2. The SMILES string of the molecule is COc1cc(OC)cc(C(=O)NCCCON)c1. The average molecular weight is 254 g/mol. The summed E-state index contributed by atoms with van der Waals surface area (Å²) in [6.07, 6.45) is 0.656. The minimum absolute atomic E-state index is 0.191. The van der Waals surface area contributed by atoms with E-state index in [1.165, 1.54) is 14.2 Å². The van der Waals surface area contributed by atoms with Crippen molar-refractivity contribution >= 4 is 5.91 Å². The van der Waals surface area contributed by atoms with Gasteiger partial charge in [-0.15, -0.1) is 0 Å². The molecule has 1 rings (SSSR count). The number of ether oxygens (including phenoxy) is 2. The number of nitrogens with one attached hydrogen (secondary N) is 1. The van der Waals surface area contributed by atoms with Crippen LogP contribution in [0.25, 0.3) is 0 Å². The Bertz CT molecular complexity index is 373. The highest BCUT2D eigenvalue weighted by atomic mass is 16.6. The minimum Gasteiger partial charge on any atom is -0.497 e. The van der Waals surface area contributed by atoms with Gasteiger partial charge in [0.1, 0.15) is 11.5 Å². The van der Waals surface area contributed by atoms with Crippen LogP contribution in [-0.4, -0.2) is 33.3 Å². The van der Waals surface area contributed by atoms with Gasteiger partial charge in [0, 0.05) is 18.2 Å². The van der Waals surface area contributed by atoms with Gasteiger partial charge >= 0.3 is 0 Å². The molecule has 6 nitrogen and oxygen atoms in total. The Morgan fingerprint density at radius 1 is 1.22 bits per heavy atom. The Labute approximate surface area is 106 Å². The smallest absolute Gasteiger partial charge is 0.251 e. The van der Waals surface area contributed by atoms with E-state index in [9.17, 15) is 4.79 Å². The highest BCUT2D eigenvalue weighted by molar-refractivity contribution is 5.95. The Morgan fingerprint density at radius 2 is 1.83 bits per heavy atom. The first-order valence-corrected chi connectivity index (χ1v) is 5.54. The molecule has 0 aliphatic carbocycles. The van der Waals surface area contributed by atoms with Gasteiger partial charge in [-0.2, -0.15) is 0 Å². The summed E-state index contributed by atoms with van der Waals surface area (Å²) in [4.78, 5) is 16.3. The summed E-state index contributed by atoms with van der Waals surface area (Å²) in [5, 5.41) is 2.75. The quantitative estimate of drug-likeness (QED) is 0.553. The summed E-state index contributed by atoms with van der Waals surface area (Å²) in [6, 6.07) is 5.01. The van der Waals surface area contributed by atoms with Gasteiger partial charge in [-0.1, -0.05) is 0 Å². The molecule has 6 heteroatoms. The molecule has 1 amide bonds. The second kappa shape index (κ2) is 7.52. The number of carbonyl (C=O) groups is 1. The zero-order valence-electron chi connectivity index (χ0n) is 10.6. The lowest BCUT2D eigenvalue weighted by molar-refractivity contribution is 0.0940. The molecule has 3 N–H and O–H groups in total. The topological polar surface area (TPSA) is 82.8 Å². The fourth-order valence-corrected chi connectivity index (χ4v) is 1.40. The molecule has 100 valence electrons. The Hall–Kier alpha value is -1.79. The average Bonchev–Trinajstić information content (AvgIpc) is 2.42. The van der Waals surface area contributed by atoms with Crippen LogP contribution < -0.4 is 20.7 Å². The normalized spacial score (nSPS) is 9.94. The van der Waals surface area contributed by atoms with Crippen molar-refractivity contribution in [3.05, 3.63) is 23.8 Å². The van der Waals surface area contributed by atoms with E-state index >= 15 is 0 Å². The van der Waals surface area contributed by atoms with Crippen LogP contribution in [0.5, 0.6) is 11.5 Å². The molecule has 0 unspecified atom stereocenters. The van der Waals surface area contributed by atoms with Crippen molar-refractivity contribution in [1.29, 1.82) is 0 Å². The van der Waals surface area contributed by atoms with E-state index in [1.54, 1.807) is 18.2 Å². The molecule has 18 heavy (non-hydrogen) atoms. The Kier molecular flexibility index (Phi) is 5.96. The van der Waals surface area contributed by atoms with Crippen LogP contribution in [-0.2, 0) is 4.84 Å². The fraction of sp³-hybridized carbons (Fsp3) is 0.417. The predicted molar refractivity (Wildman–Crippen MR) is 66.6 cm³/mol. The lowest BCUT2D eigenvalue weighted by Crippen LogP contribution is -2.25. The van der Waals surface area contributed by atoms with Crippen LogP contribution in [0.3, 0.4) is 0 Å². The van der Waals surface area contributed by atoms with Crippen molar-refractivity contribution < 1.29 is 19.1 Å². The van der Waals surface area contributed by atoms with Crippen molar-refractivity contribution in [3.63, 3.8) is 0 Å². The lowest BCUT2D eigenvalue weighted by Gasteiger charge is -2.09. The van der Waals surface area contributed by atoms with Crippen molar-refractivity contribution in [3.8, 4) is 11.5 Å². The van der Waals surface area contributed by atoms with Gasteiger partial charge in [-0.3, -0.25) is 4.79 Å². The van der Waals surface area contributed by atoms with Gasteiger partial charge in [0.2, 0.25) is 0 Å². The maximum Gasteiger partial charge on any atom is 0.251 e. The number of hydrogen-bond acceptors (Lipinski definition) is 5. The molecule has 0 spiro atoms. The molecule has 0 fully saturated rings. The number of rotatable bonds is 7. The van der Waals surface area contributed by atoms with E-state index < -0.39 is 0 Å². The molecular formula is C12H18N2O4. The van der Waals surface area contributed by atoms with Crippen molar-refractivity contribution in [2.45, 2.75) is 6.42 Å². The van der Waals surface area contributed by atoms with E-state index in [-0.39, 0.29) is 5.91 Å². The van der Waals surface area contributed by atoms with E-state index in [4.69, 9.17) is 15.4 Å². The van der Waals surface area contributed by atoms with Crippen molar-refractivity contribution in [2.24, 2.45) is 5.90 Å². The van der Waals surface area contributed by atoms with Gasteiger partial charge in [-0.25, -0.2) is 5.90 Å². The molecule has 0 aromatic heterocycles. The maximum atomic E-state index is 11.8. The summed E-state index contributed by atoms with van der Waals surface area (Å²) in [5.41, 5.74) is 0.486. The number of amides is 1. The fourth-order valence-electron chi connectivity index (χ4n) is 1.40. The maximum absolute atomic E-state index is 11.8. The molecule has 1 aromatic carbocycles. The van der Waals surface area contributed by atoms with Gasteiger partial charge in [-0.05, 0) is 18.6 Å². The van der Waals surface area contributed by atoms with Crippen LogP contribution in [0.4, 0.5) is 0 Å². The zero-order valence-corrected chi connectivity index (χ0v) is 10.6. The molecule has 0 bridgehead atoms. The highest BCUT2D eigenvalue weighted by Gasteiger charge is 2.09. The number of hydrogen-bond donors (Lipinski definition) is 2. The van der Waals surface area contributed by atoms with Gasteiger partial charge in [0.25, 0.3) is 5.91 Å². The number of nitrogens with two attached hydrogens (primary N) is 1. The van der Waals surface area contributed by atoms with Gasteiger partial charge in [0.15, 0.2) is 0 Å². The second-order valence-corrected chi connectivity index (χ2v) is 3.58. The Morgan fingerprint density at radius 3 is 2.33 bits per heavy atom. The molecule has 0 atom stereocenters. The van der Waals surface area contributed by atoms with Crippen molar-refractivity contribution in [1.82, 2.24) is 5.32 Å². The van der Waals surface area contributed by atoms with E-state index in [1.807, 2.05) is 0 Å². The van der Waals surface area contributed by atoms with Gasteiger partial charge in [0.05, 0.1) is 20.8 Å². The summed E-state index contributed by atoms with van der Waals surface area (Å²) in [6.45, 7) is 0.900. The molecule has 0 saturated heterocycles. The van der Waals surface area contributed by atoms with Crippen LogP contribution in [0.15, 0.2) is 18.2 Å². The zero-order chi connectivity index (χ0) is 13.4. The summed E-state index contributed by atoms with van der Waals surface area (Å²) >= 11 is 0. The summed E-state index contributed by atoms with van der Waals surface area (Å²) in [7, 11) is 3.07. The number of benzene rings is 1. The molecule has 0 radical (unpaired) electrons. The standard InChI is InChI=1S/C12H18N2O4/c1-16-10-6-9(7-11(8-10)17-2)12(15)14-4-3-5-18-13/h6-8H,3-5,13H2,1-2H3,(H,14,15). The summed E-state index contributed by atoms with van der Waals surface area (Å²) in [5.74, 6) is 5.84. The van der Waals surface area contributed by atoms with E-state index in [2.05, 4.69) is 10.2 Å². The molecule has 0 aliphatic rings. The van der Waals surface area contributed by atoms with Crippen LogP contribution >= 0.6 is 0 Å². The van der Waals surface area contributed by atoms with Crippen LogP contribution in [0.1, 0.15) is 16.8 Å². The summed E-state index contributed by atoms with van der Waals surface area (Å²) < 4.78 is 10.2. The third-order valence-corrected chi connectivity index (χ3v) is 2.34. The van der Waals surface area contributed by atoms with E-state index in [0.717, 1.165) is 0 Å². The first-order valence-electron chi connectivity index (χ1n) is 5.54. The number of carbonyl (C=O) groups excluding carboxylic acids is 1. The monoisotopic (exact) mass is 254 g/mol. The first-order chi connectivity index (χ1) is 8.71. The van der Waals surface area contributed by atoms with Crippen LogP contribution in [0.2, 0.25) is 0 Å². The van der Waals surface area contributed by atoms with Crippen molar-refractivity contribution in [2.75, 3.05) is 27.4 Å². The first kappa shape index (κ1) is 14.3.